The van der Waals surface area contributed by atoms with Gasteiger partial charge in [-0.3, -0.25) is 14.1 Å². The van der Waals surface area contributed by atoms with Crippen LogP contribution in [0.15, 0.2) is 108 Å². The first kappa shape index (κ1) is 18.6. The van der Waals surface area contributed by atoms with Gasteiger partial charge >= 0.3 is 0 Å². The molecular formula is C30H19N5. The lowest BCUT2D eigenvalue weighted by Gasteiger charge is -2.10. The molecule has 1 aliphatic rings. The Morgan fingerprint density at radius 2 is 1.20 bits per heavy atom. The van der Waals surface area contributed by atoms with Crippen molar-refractivity contribution < 1.29 is 0 Å². The standard InChI is InChI=1S/C30H19N5/c1-2-11-20(12-3-1)34-24-16-8-5-13-21(24)27-29(34)32-28-22-14-6-9-17-25(22)35(30(28)33-27)26-18-19-10-4-7-15-23(19)31-26/h1-18,26H. The van der Waals surface area contributed by atoms with Gasteiger partial charge in [-0.2, -0.15) is 0 Å². The van der Waals surface area contributed by atoms with Crippen molar-refractivity contribution >= 4 is 50.2 Å². The summed E-state index contributed by atoms with van der Waals surface area (Å²) in [5.41, 5.74) is 6.77. The smallest absolute Gasteiger partial charge is 0.165 e. The summed E-state index contributed by atoms with van der Waals surface area (Å²) in [6, 6.07) is 35.5. The number of para-hydroxylation sites is 4. The van der Waals surface area contributed by atoms with E-state index in [1.165, 1.54) is 0 Å². The van der Waals surface area contributed by atoms with E-state index >= 15 is 0 Å². The highest BCUT2D eigenvalue weighted by atomic mass is 15.2. The second-order valence-electron chi connectivity index (χ2n) is 8.91. The Morgan fingerprint density at radius 3 is 2.03 bits per heavy atom. The second kappa shape index (κ2) is 6.87. The molecule has 1 atom stereocenters. The highest BCUT2D eigenvalue weighted by Gasteiger charge is 2.23. The van der Waals surface area contributed by atoms with Gasteiger partial charge in [0.2, 0.25) is 0 Å². The van der Waals surface area contributed by atoms with Gasteiger partial charge in [0.25, 0.3) is 0 Å². The van der Waals surface area contributed by atoms with Crippen LogP contribution in [0.3, 0.4) is 0 Å². The van der Waals surface area contributed by atoms with Crippen LogP contribution >= 0.6 is 0 Å². The van der Waals surface area contributed by atoms with E-state index in [0.29, 0.717) is 0 Å². The third kappa shape index (κ3) is 2.55. The highest BCUT2D eigenvalue weighted by molar-refractivity contribution is 6.12. The Hall–Kier alpha value is -4.77. The molecule has 0 fully saturated rings. The monoisotopic (exact) mass is 449 g/mol. The predicted molar refractivity (Wildman–Crippen MR) is 140 cm³/mol. The average molecular weight is 450 g/mol. The summed E-state index contributed by atoms with van der Waals surface area (Å²) in [7, 11) is 0. The number of rotatable bonds is 2. The van der Waals surface area contributed by atoms with Crippen molar-refractivity contribution in [1.29, 1.82) is 0 Å². The molecule has 0 bridgehead atoms. The van der Waals surface area contributed by atoms with Crippen molar-refractivity contribution in [3.05, 3.63) is 114 Å². The molecule has 0 spiro atoms. The summed E-state index contributed by atoms with van der Waals surface area (Å²) in [6.07, 6.45) is 2.05. The number of fused-ring (bicyclic) bond motifs is 7. The van der Waals surface area contributed by atoms with Gasteiger partial charge < -0.3 is 0 Å². The van der Waals surface area contributed by atoms with E-state index in [4.69, 9.17) is 15.0 Å². The van der Waals surface area contributed by atoms with Gasteiger partial charge in [0.05, 0.1) is 16.4 Å². The largest absolute Gasteiger partial charge is 0.297 e. The molecular weight excluding hydrogens is 430 g/mol. The van der Waals surface area contributed by atoms with Crippen LogP contribution in [0.25, 0.3) is 55.9 Å². The van der Waals surface area contributed by atoms with Gasteiger partial charge in [-0.05, 0) is 41.6 Å². The Bertz CT molecular complexity index is 2030. The van der Waals surface area contributed by atoms with Crippen LogP contribution in [0.1, 0.15) is 6.17 Å². The first-order valence-corrected chi connectivity index (χ1v) is 11.8. The SMILES string of the molecule is C1=c2ccccc2=NC1n1c2ccccc2c2nc3c(nc21)c1ccccc1n3-c1ccccc1. The second-order valence-corrected chi connectivity index (χ2v) is 8.91. The van der Waals surface area contributed by atoms with Crippen molar-refractivity contribution in [3.63, 3.8) is 0 Å². The van der Waals surface area contributed by atoms with E-state index in [1.54, 1.807) is 0 Å². The minimum Gasteiger partial charge on any atom is -0.297 e. The molecule has 5 nitrogen and oxygen atoms in total. The van der Waals surface area contributed by atoms with Crippen molar-refractivity contribution in [2.24, 2.45) is 4.99 Å². The van der Waals surface area contributed by atoms with Crippen molar-refractivity contribution in [3.8, 4) is 5.69 Å². The zero-order valence-electron chi connectivity index (χ0n) is 18.7. The Morgan fingerprint density at radius 1 is 0.571 bits per heavy atom. The normalized spacial score (nSPS) is 15.0. The molecule has 35 heavy (non-hydrogen) atoms. The van der Waals surface area contributed by atoms with Gasteiger partial charge in [0.1, 0.15) is 17.2 Å². The van der Waals surface area contributed by atoms with Crippen molar-refractivity contribution in [2.75, 3.05) is 0 Å². The zero-order valence-corrected chi connectivity index (χ0v) is 18.7. The van der Waals surface area contributed by atoms with Gasteiger partial charge in [0.15, 0.2) is 11.3 Å². The fourth-order valence-electron chi connectivity index (χ4n) is 5.41. The maximum absolute atomic E-state index is 5.30. The van der Waals surface area contributed by atoms with Crippen molar-refractivity contribution in [2.45, 2.75) is 6.17 Å². The lowest BCUT2D eigenvalue weighted by atomic mass is 10.2. The summed E-state index contributed by atoms with van der Waals surface area (Å²) in [5, 5.41) is 4.34. The van der Waals surface area contributed by atoms with Crippen LogP contribution in [-0.2, 0) is 0 Å². The molecule has 7 aromatic rings. The molecule has 3 aromatic heterocycles. The van der Waals surface area contributed by atoms with E-state index in [1.807, 2.05) is 12.1 Å². The van der Waals surface area contributed by atoms with Gasteiger partial charge in [-0.15, -0.1) is 0 Å². The Balaban J connectivity index is 1.53. The molecule has 0 saturated heterocycles. The number of nitrogens with zero attached hydrogens (tertiary/aromatic N) is 5. The Kier molecular flexibility index (Phi) is 3.66. The van der Waals surface area contributed by atoms with Gasteiger partial charge in [-0.25, -0.2) is 9.97 Å². The molecule has 5 heteroatoms. The maximum atomic E-state index is 5.30. The molecule has 0 radical (unpaired) electrons. The van der Waals surface area contributed by atoms with E-state index in [2.05, 4.69) is 106 Å². The minimum atomic E-state index is -0.163. The molecule has 1 aliphatic heterocycles. The summed E-state index contributed by atoms with van der Waals surface area (Å²) < 4.78 is 4.44. The van der Waals surface area contributed by atoms with Crippen LogP contribution in [0, 0.1) is 0 Å². The van der Waals surface area contributed by atoms with Gasteiger partial charge in [-0.1, -0.05) is 72.8 Å². The molecule has 1 unspecified atom stereocenters. The average Bonchev–Trinajstić information content (AvgIpc) is 3.57. The predicted octanol–water partition coefficient (Wildman–Crippen LogP) is 5.29. The third-order valence-corrected chi connectivity index (χ3v) is 6.93. The molecule has 4 heterocycles. The lowest BCUT2D eigenvalue weighted by molar-refractivity contribution is 0.701. The molecule has 0 saturated carbocycles. The highest BCUT2D eigenvalue weighted by Crippen LogP contribution is 2.36. The molecule has 8 rings (SSSR count). The quantitative estimate of drug-likeness (QED) is 0.360. The number of aromatic nitrogens is 4. The summed E-state index contributed by atoms with van der Waals surface area (Å²) in [4.78, 5) is 15.6. The Labute approximate surface area is 199 Å². The van der Waals surface area contributed by atoms with Gasteiger partial charge in [0, 0.05) is 16.5 Å². The number of hydrogen-bond acceptors (Lipinski definition) is 3. The van der Waals surface area contributed by atoms with Crippen LogP contribution in [-0.4, -0.2) is 19.1 Å². The number of hydrogen-bond donors (Lipinski definition) is 0. The summed E-state index contributed by atoms with van der Waals surface area (Å²) >= 11 is 0. The summed E-state index contributed by atoms with van der Waals surface area (Å²) in [5.74, 6) is 0. The van der Waals surface area contributed by atoms with Crippen LogP contribution < -0.4 is 10.6 Å². The van der Waals surface area contributed by atoms with E-state index < -0.39 is 0 Å². The first-order chi connectivity index (χ1) is 17.4. The minimum absolute atomic E-state index is 0.163. The van der Waals surface area contributed by atoms with Crippen LogP contribution in [0.2, 0.25) is 0 Å². The molecule has 164 valence electrons. The van der Waals surface area contributed by atoms with E-state index in [0.717, 1.165) is 60.4 Å². The first-order valence-electron chi connectivity index (χ1n) is 11.8. The zero-order chi connectivity index (χ0) is 22.9. The lowest BCUT2D eigenvalue weighted by Crippen LogP contribution is -2.19. The van der Waals surface area contributed by atoms with Crippen LogP contribution in [0.5, 0.6) is 0 Å². The topological polar surface area (TPSA) is 48.0 Å². The molecule has 0 amide bonds. The fraction of sp³-hybridized carbons (Fsp3) is 0.0333. The summed E-state index contributed by atoms with van der Waals surface area (Å²) in [6.45, 7) is 0. The molecule has 4 aromatic carbocycles. The van der Waals surface area contributed by atoms with E-state index in [9.17, 15) is 0 Å². The third-order valence-electron chi connectivity index (χ3n) is 6.93. The van der Waals surface area contributed by atoms with Crippen LogP contribution in [0.4, 0.5) is 0 Å². The fourth-order valence-corrected chi connectivity index (χ4v) is 5.41. The van der Waals surface area contributed by atoms with Crippen molar-refractivity contribution in [1.82, 2.24) is 19.1 Å². The maximum Gasteiger partial charge on any atom is 0.165 e. The molecule has 0 N–H and O–H groups in total. The number of benzene rings is 4. The molecule has 0 aliphatic carbocycles. The van der Waals surface area contributed by atoms with E-state index in [-0.39, 0.29) is 6.17 Å².